The van der Waals surface area contributed by atoms with E-state index in [2.05, 4.69) is 43.0 Å². The van der Waals surface area contributed by atoms with Crippen molar-refractivity contribution in [3.63, 3.8) is 0 Å². The maximum Gasteiger partial charge on any atom is 0.224 e. The summed E-state index contributed by atoms with van der Waals surface area (Å²) in [6, 6.07) is 7.69. The van der Waals surface area contributed by atoms with Crippen LogP contribution in [-0.4, -0.2) is 15.9 Å². The van der Waals surface area contributed by atoms with E-state index in [1.54, 1.807) is 12.4 Å². The van der Waals surface area contributed by atoms with Gasteiger partial charge in [0.15, 0.2) is 0 Å². The standard InChI is InChI=1S/C17H23N3O/c1-12(17(2,3)4)11-15(21)20-14-7-5-13(6-8-14)16-18-9-10-19-16/h5-10,12H,11H2,1-4H3,(H,18,19)(H,20,21). The van der Waals surface area contributed by atoms with Crippen LogP contribution in [0.2, 0.25) is 0 Å². The smallest absolute Gasteiger partial charge is 0.224 e. The summed E-state index contributed by atoms with van der Waals surface area (Å²) in [6.07, 6.45) is 4.04. The highest BCUT2D eigenvalue weighted by Crippen LogP contribution is 2.28. The highest BCUT2D eigenvalue weighted by atomic mass is 16.1. The quantitative estimate of drug-likeness (QED) is 0.889. The number of H-pyrrole nitrogens is 1. The highest BCUT2D eigenvalue weighted by molar-refractivity contribution is 5.91. The lowest BCUT2D eigenvalue weighted by Crippen LogP contribution is -2.23. The Morgan fingerprint density at radius 1 is 1.29 bits per heavy atom. The van der Waals surface area contributed by atoms with Crippen LogP contribution in [0, 0.1) is 11.3 Å². The van der Waals surface area contributed by atoms with Crippen LogP contribution >= 0.6 is 0 Å². The number of aromatic nitrogens is 2. The molecular formula is C17H23N3O. The van der Waals surface area contributed by atoms with E-state index in [0.717, 1.165) is 17.1 Å². The van der Waals surface area contributed by atoms with Crippen LogP contribution in [0.5, 0.6) is 0 Å². The van der Waals surface area contributed by atoms with Crippen molar-refractivity contribution in [2.24, 2.45) is 11.3 Å². The molecule has 0 saturated heterocycles. The third-order valence-electron chi connectivity index (χ3n) is 3.91. The lowest BCUT2D eigenvalue weighted by molar-refractivity contribution is -0.117. The van der Waals surface area contributed by atoms with E-state index in [4.69, 9.17) is 0 Å². The number of carbonyl (C=O) groups excluding carboxylic acids is 1. The molecule has 1 amide bonds. The fourth-order valence-corrected chi connectivity index (χ4v) is 1.93. The van der Waals surface area contributed by atoms with E-state index >= 15 is 0 Å². The summed E-state index contributed by atoms with van der Waals surface area (Å²) in [4.78, 5) is 19.3. The fourth-order valence-electron chi connectivity index (χ4n) is 1.93. The molecule has 0 bridgehead atoms. The van der Waals surface area contributed by atoms with Gasteiger partial charge in [0.2, 0.25) is 5.91 Å². The normalized spacial score (nSPS) is 13.0. The van der Waals surface area contributed by atoms with Crippen molar-refractivity contribution in [2.75, 3.05) is 5.32 Å². The summed E-state index contributed by atoms with van der Waals surface area (Å²) in [6.45, 7) is 8.58. The molecule has 0 fully saturated rings. The summed E-state index contributed by atoms with van der Waals surface area (Å²) in [5, 5.41) is 2.95. The van der Waals surface area contributed by atoms with E-state index in [0.29, 0.717) is 12.3 Å². The number of rotatable bonds is 4. The second kappa shape index (κ2) is 6.12. The van der Waals surface area contributed by atoms with Gasteiger partial charge in [-0.2, -0.15) is 0 Å². The lowest BCUT2D eigenvalue weighted by Gasteiger charge is -2.26. The number of nitrogens with zero attached hydrogens (tertiary/aromatic N) is 1. The summed E-state index contributed by atoms with van der Waals surface area (Å²) in [5.74, 6) is 1.22. The van der Waals surface area contributed by atoms with Crippen LogP contribution in [-0.2, 0) is 4.79 Å². The zero-order valence-corrected chi connectivity index (χ0v) is 13.1. The van der Waals surface area contributed by atoms with Crippen molar-refractivity contribution in [2.45, 2.75) is 34.1 Å². The zero-order chi connectivity index (χ0) is 15.5. The first-order chi connectivity index (χ1) is 9.86. The fraction of sp³-hybridized carbons (Fsp3) is 0.412. The molecule has 112 valence electrons. The minimum atomic E-state index is 0.0585. The number of hydrogen-bond acceptors (Lipinski definition) is 2. The molecule has 2 rings (SSSR count). The summed E-state index contributed by atoms with van der Waals surface area (Å²) in [5.41, 5.74) is 1.96. The van der Waals surface area contributed by atoms with Gasteiger partial charge < -0.3 is 10.3 Å². The Bertz CT molecular complexity index is 579. The second-order valence-corrected chi connectivity index (χ2v) is 6.53. The summed E-state index contributed by atoms with van der Waals surface area (Å²) >= 11 is 0. The molecule has 0 radical (unpaired) electrons. The molecule has 0 aliphatic rings. The maximum absolute atomic E-state index is 12.1. The van der Waals surface area contributed by atoms with Gasteiger partial charge in [-0.3, -0.25) is 4.79 Å². The van der Waals surface area contributed by atoms with Gasteiger partial charge in [-0.15, -0.1) is 0 Å². The molecule has 1 aromatic carbocycles. The summed E-state index contributed by atoms with van der Waals surface area (Å²) < 4.78 is 0. The van der Waals surface area contributed by atoms with Crippen molar-refractivity contribution in [3.05, 3.63) is 36.7 Å². The number of benzene rings is 1. The molecule has 4 nitrogen and oxygen atoms in total. The van der Waals surface area contributed by atoms with Crippen LogP contribution in [0.25, 0.3) is 11.4 Å². The van der Waals surface area contributed by atoms with Crippen molar-refractivity contribution in [1.82, 2.24) is 9.97 Å². The van der Waals surface area contributed by atoms with Crippen molar-refractivity contribution < 1.29 is 4.79 Å². The number of aromatic amines is 1. The predicted molar refractivity (Wildman–Crippen MR) is 85.9 cm³/mol. The SMILES string of the molecule is CC(CC(=O)Nc1ccc(-c2ncc[nH]2)cc1)C(C)(C)C. The van der Waals surface area contributed by atoms with Crippen LogP contribution < -0.4 is 5.32 Å². The predicted octanol–water partition coefficient (Wildman–Crippen LogP) is 4.09. The molecule has 2 aromatic rings. The van der Waals surface area contributed by atoms with Gasteiger partial charge in [0, 0.05) is 30.1 Å². The van der Waals surface area contributed by atoms with E-state index in [9.17, 15) is 4.79 Å². The van der Waals surface area contributed by atoms with E-state index in [-0.39, 0.29) is 11.3 Å². The zero-order valence-electron chi connectivity index (χ0n) is 13.1. The average Bonchev–Trinajstić information content (AvgIpc) is 2.92. The number of hydrogen-bond donors (Lipinski definition) is 2. The molecule has 0 aliphatic heterocycles. The first-order valence-corrected chi connectivity index (χ1v) is 7.26. The number of carbonyl (C=O) groups is 1. The van der Waals surface area contributed by atoms with Crippen LogP contribution in [0.1, 0.15) is 34.1 Å². The topological polar surface area (TPSA) is 57.8 Å². The second-order valence-electron chi connectivity index (χ2n) is 6.53. The lowest BCUT2D eigenvalue weighted by atomic mass is 9.80. The third-order valence-corrected chi connectivity index (χ3v) is 3.91. The Morgan fingerprint density at radius 2 is 1.95 bits per heavy atom. The van der Waals surface area contributed by atoms with Gasteiger partial charge >= 0.3 is 0 Å². The Balaban J connectivity index is 1.96. The van der Waals surface area contributed by atoms with Gasteiger partial charge in [-0.05, 0) is 35.6 Å². The first kappa shape index (κ1) is 15.3. The number of anilines is 1. The van der Waals surface area contributed by atoms with Crippen LogP contribution in [0.15, 0.2) is 36.7 Å². The third kappa shape index (κ3) is 4.18. The number of amides is 1. The molecule has 4 heteroatoms. The molecular weight excluding hydrogens is 262 g/mol. The average molecular weight is 285 g/mol. The molecule has 1 atom stereocenters. The Morgan fingerprint density at radius 3 is 2.48 bits per heavy atom. The van der Waals surface area contributed by atoms with Crippen molar-refractivity contribution in [1.29, 1.82) is 0 Å². The van der Waals surface area contributed by atoms with Gasteiger partial charge in [0.1, 0.15) is 5.82 Å². The molecule has 1 aromatic heterocycles. The molecule has 1 heterocycles. The molecule has 0 saturated carbocycles. The molecule has 0 spiro atoms. The monoisotopic (exact) mass is 285 g/mol. The minimum absolute atomic E-state index is 0.0585. The molecule has 2 N–H and O–H groups in total. The molecule has 1 unspecified atom stereocenters. The van der Waals surface area contributed by atoms with Crippen LogP contribution in [0.4, 0.5) is 5.69 Å². The van der Waals surface area contributed by atoms with Gasteiger partial charge in [0.05, 0.1) is 0 Å². The Hall–Kier alpha value is -2.10. The number of nitrogens with one attached hydrogen (secondary N) is 2. The highest BCUT2D eigenvalue weighted by Gasteiger charge is 2.22. The van der Waals surface area contributed by atoms with Gasteiger partial charge in [-0.1, -0.05) is 27.7 Å². The van der Waals surface area contributed by atoms with Gasteiger partial charge in [-0.25, -0.2) is 4.98 Å². The van der Waals surface area contributed by atoms with Crippen molar-refractivity contribution in [3.8, 4) is 11.4 Å². The molecule has 0 aliphatic carbocycles. The Kier molecular flexibility index (Phi) is 4.46. The van der Waals surface area contributed by atoms with E-state index in [1.807, 2.05) is 24.3 Å². The van der Waals surface area contributed by atoms with Gasteiger partial charge in [0.25, 0.3) is 0 Å². The number of imidazole rings is 1. The summed E-state index contributed by atoms with van der Waals surface area (Å²) in [7, 11) is 0. The maximum atomic E-state index is 12.1. The molecule has 21 heavy (non-hydrogen) atoms. The largest absolute Gasteiger partial charge is 0.345 e. The Labute approximate surface area is 126 Å². The minimum Gasteiger partial charge on any atom is -0.345 e. The van der Waals surface area contributed by atoms with Crippen molar-refractivity contribution >= 4 is 11.6 Å². The first-order valence-electron chi connectivity index (χ1n) is 7.26. The van der Waals surface area contributed by atoms with E-state index in [1.165, 1.54) is 0 Å². The van der Waals surface area contributed by atoms with E-state index < -0.39 is 0 Å². The van der Waals surface area contributed by atoms with Crippen LogP contribution in [0.3, 0.4) is 0 Å².